The second-order valence-corrected chi connectivity index (χ2v) is 9.07. The van der Waals surface area contributed by atoms with Crippen LogP contribution in [-0.4, -0.2) is 45.8 Å². The van der Waals surface area contributed by atoms with Gasteiger partial charge in [0, 0.05) is 37.0 Å². The van der Waals surface area contributed by atoms with Crippen LogP contribution in [0.15, 0.2) is 24.4 Å². The standard InChI is InChI=1S/C24H26F3N5O/c1-13-8-16(4-5-28-13)20-12-32(6-7-33-20)21-11-19-23(30-15(3)14(2)29-19)22(31-21)17-9-18(10-17)24(25,26)27/h4-5,8,11,17-18,20H,6-7,9-10,12H2,1-3H3/t17-,18+,20-/m0/s1. The first-order chi connectivity index (χ1) is 15.7. The lowest BCUT2D eigenvalue weighted by atomic mass is 9.72. The van der Waals surface area contributed by atoms with Crippen molar-refractivity contribution in [3.8, 4) is 0 Å². The quantitative estimate of drug-likeness (QED) is 0.553. The van der Waals surface area contributed by atoms with Gasteiger partial charge in [-0.05, 0) is 51.3 Å². The Morgan fingerprint density at radius 1 is 1.03 bits per heavy atom. The summed E-state index contributed by atoms with van der Waals surface area (Å²) in [5.41, 5.74) is 5.46. The summed E-state index contributed by atoms with van der Waals surface area (Å²) in [4.78, 5) is 20.6. The Morgan fingerprint density at radius 3 is 2.52 bits per heavy atom. The molecule has 0 aromatic carbocycles. The Balaban J connectivity index is 1.50. The number of aromatic nitrogens is 4. The van der Waals surface area contributed by atoms with Crippen LogP contribution in [0.3, 0.4) is 0 Å². The van der Waals surface area contributed by atoms with E-state index < -0.39 is 12.1 Å². The van der Waals surface area contributed by atoms with Crippen LogP contribution in [0.1, 0.15) is 53.2 Å². The predicted octanol–water partition coefficient (Wildman–Crippen LogP) is 4.98. The summed E-state index contributed by atoms with van der Waals surface area (Å²) in [6, 6.07) is 5.86. The van der Waals surface area contributed by atoms with E-state index in [-0.39, 0.29) is 24.9 Å². The summed E-state index contributed by atoms with van der Waals surface area (Å²) in [5.74, 6) is -0.829. The molecule has 1 saturated heterocycles. The summed E-state index contributed by atoms with van der Waals surface area (Å²) >= 11 is 0. The summed E-state index contributed by atoms with van der Waals surface area (Å²) in [7, 11) is 0. The summed E-state index contributed by atoms with van der Waals surface area (Å²) < 4.78 is 45.4. The van der Waals surface area contributed by atoms with Crippen molar-refractivity contribution in [3.05, 3.63) is 52.7 Å². The maximum atomic E-state index is 13.1. The highest BCUT2D eigenvalue weighted by Gasteiger charge is 2.49. The van der Waals surface area contributed by atoms with E-state index in [4.69, 9.17) is 14.7 Å². The van der Waals surface area contributed by atoms with Crippen LogP contribution in [0.5, 0.6) is 0 Å². The van der Waals surface area contributed by atoms with Crippen LogP contribution in [0.25, 0.3) is 11.0 Å². The number of hydrogen-bond acceptors (Lipinski definition) is 6. The molecule has 3 aromatic heterocycles. The molecule has 174 valence electrons. The molecule has 1 saturated carbocycles. The van der Waals surface area contributed by atoms with Gasteiger partial charge in [-0.2, -0.15) is 13.2 Å². The summed E-state index contributed by atoms with van der Waals surface area (Å²) in [6.07, 6.45) is -2.43. The monoisotopic (exact) mass is 457 g/mol. The van der Waals surface area contributed by atoms with Gasteiger partial charge in [-0.3, -0.25) is 4.98 Å². The molecule has 4 heterocycles. The first-order valence-electron chi connectivity index (χ1n) is 11.2. The van der Waals surface area contributed by atoms with Gasteiger partial charge >= 0.3 is 6.18 Å². The van der Waals surface area contributed by atoms with Crippen molar-refractivity contribution in [1.82, 2.24) is 19.9 Å². The average molecular weight is 458 g/mol. The molecular weight excluding hydrogens is 431 g/mol. The Kier molecular flexibility index (Phi) is 5.47. The molecule has 0 spiro atoms. The minimum atomic E-state index is -4.16. The zero-order chi connectivity index (χ0) is 23.3. The summed E-state index contributed by atoms with van der Waals surface area (Å²) in [6.45, 7) is 7.46. The normalized spacial score (nSPS) is 23.6. The minimum absolute atomic E-state index is 0.0473. The number of rotatable bonds is 3. The topological polar surface area (TPSA) is 64.0 Å². The van der Waals surface area contributed by atoms with E-state index in [9.17, 15) is 13.2 Å². The molecular formula is C24H26F3N5O. The van der Waals surface area contributed by atoms with E-state index in [1.165, 1.54) is 0 Å². The SMILES string of the molecule is Cc1cc([C@@H]2CN(c3cc4nc(C)c(C)nc4c([C@H]4C[C@@H](C(F)(F)F)C4)n3)CCO2)ccn1. The van der Waals surface area contributed by atoms with Crippen molar-refractivity contribution in [3.63, 3.8) is 0 Å². The molecule has 0 unspecified atom stereocenters. The lowest BCUT2D eigenvalue weighted by molar-refractivity contribution is -0.197. The van der Waals surface area contributed by atoms with Crippen molar-refractivity contribution in [1.29, 1.82) is 0 Å². The van der Waals surface area contributed by atoms with Crippen molar-refractivity contribution in [2.24, 2.45) is 5.92 Å². The number of morpholine rings is 1. The van der Waals surface area contributed by atoms with E-state index in [0.29, 0.717) is 42.2 Å². The van der Waals surface area contributed by atoms with Crippen molar-refractivity contribution in [2.75, 3.05) is 24.6 Å². The van der Waals surface area contributed by atoms with Crippen molar-refractivity contribution >= 4 is 16.9 Å². The zero-order valence-electron chi connectivity index (χ0n) is 18.9. The summed E-state index contributed by atoms with van der Waals surface area (Å²) in [5, 5.41) is 0. The molecule has 0 amide bonds. The number of fused-ring (bicyclic) bond motifs is 1. The second-order valence-electron chi connectivity index (χ2n) is 9.07. The van der Waals surface area contributed by atoms with Crippen LogP contribution in [0.2, 0.25) is 0 Å². The maximum absolute atomic E-state index is 13.1. The van der Waals surface area contributed by atoms with Gasteiger partial charge in [0.2, 0.25) is 0 Å². The highest BCUT2D eigenvalue weighted by molar-refractivity contribution is 5.80. The van der Waals surface area contributed by atoms with Crippen molar-refractivity contribution < 1.29 is 17.9 Å². The Morgan fingerprint density at radius 2 is 1.79 bits per heavy atom. The fraction of sp³-hybridized carbons (Fsp3) is 0.500. The van der Waals surface area contributed by atoms with Crippen LogP contribution in [0.4, 0.5) is 19.0 Å². The van der Waals surface area contributed by atoms with Gasteiger partial charge in [-0.15, -0.1) is 0 Å². The van der Waals surface area contributed by atoms with Crippen molar-refractivity contribution in [2.45, 2.75) is 51.8 Å². The third kappa shape index (κ3) is 4.26. The molecule has 1 aliphatic heterocycles. The van der Waals surface area contributed by atoms with Crippen LogP contribution >= 0.6 is 0 Å². The maximum Gasteiger partial charge on any atom is 0.391 e. The smallest absolute Gasteiger partial charge is 0.370 e. The van der Waals surface area contributed by atoms with Gasteiger partial charge in [0.1, 0.15) is 17.4 Å². The highest BCUT2D eigenvalue weighted by atomic mass is 19.4. The predicted molar refractivity (Wildman–Crippen MR) is 118 cm³/mol. The van der Waals surface area contributed by atoms with Crippen LogP contribution in [0, 0.1) is 26.7 Å². The second kappa shape index (κ2) is 8.20. The fourth-order valence-electron chi connectivity index (χ4n) is 4.62. The number of ether oxygens (including phenoxy) is 1. The third-order valence-electron chi connectivity index (χ3n) is 6.75. The molecule has 0 radical (unpaired) electrons. The van der Waals surface area contributed by atoms with Crippen LogP contribution in [-0.2, 0) is 4.74 Å². The first-order valence-corrected chi connectivity index (χ1v) is 11.2. The van der Waals surface area contributed by atoms with Crippen LogP contribution < -0.4 is 4.90 Å². The van der Waals surface area contributed by atoms with Gasteiger partial charge in [-0.1, -0.05) is 0 Å². The van der Waals surface area contributed by atoms with E-state index in [2.05, 4.69) is 14.9 Å². The van der Waals surface area contributed by atoms with Gasteiger partial charge in [-0.25, -0.2) is 15.0 Å². The molecule has 33 heavy (non-hydrogen) atoms. The number of anilines is 1. The largest absolute Gasteiger partial charge is 0.391 e. The van der Waals surface area contributed by atoms with E-state index in [1.807, 2.05) is 39.0 Å². The lowest BCUT2D eigenvalue weighted by Crippen LogP contribution is -2.39. The number of nitrogens with zero attached hydrogens (tertiary/aromatic N) is 5. The molecule has 1 aliphatic carbocycles. The molecule has 0 N–H and O–H groups in total. The Labute approximate surface area is 190 Å². The zero-order valence-corrected chi connectivity index (χ0v) is 18.9. The number of hydrogen-bond donors (Lipinski definition) is 0. The number of pyridine rings is 2. The van der Waals surface area contributed by atoms with Gasteiger partial charge in [0.25, 0.3) is 0 Å². The molecule has 5 rings (SSSR count). The fourth-order valence-corrected chi connectivity index (χ4v) is 4.62. The molecule has 0 bridgehead atoms. The molecule has 6 nitrogen and oxygen atoms in total. The lowest BCUT2D eigenvalue weighted by Gasteiger charge is -2.38. The molecule has 2 aliphatic rings. The Bertz CT molecular complexity index is 1190. The third-order valence-corrected chi connectivity index (χ3v) is 6.75. The molecule has 1 atom stereocenters. The number of alkyl halides is 3. The Hall–Kier alpha value is -2.81. The van der Waals surface area contributed by atoms with Gasteiger partial charge in [0.15, 0.2) is 0 Å². The number of halogens is 3. The van der Waals surface area contributed by atoms with Gasteiger partial charge < -0.3 is 9.64 Å². The molecule has 3 aromatic rings. The minimum Gasteiger partial charge on any atom is -0.370 e. The number of aryl methyl sites for hydroxylation is 3. The van der Waals surface area contributed by atoms with E-state index in [1.54, 1.807) is 6.20 Å². The average Bonchev–Trinajstić information content (AvgIpc) is 2.73. The molecule has 9 heteroatoms. The van der Waals surface area contributed by atoms with E-state index >= 15 is 0 Å². The first kappa shape index (κ1) is 22.0. The highest BCUT2D eigenvalue weighted by Crippen LogP contribution is 2.50. The van der Waals surface area contributed by atoms with Gasteiger partial charge in [0.05, 0.1) is 35.1 Å². The van der Waals surface area contributed by atoms with E-state index in [0.717, 1.165) is 22.6 Å². The molecule has 2 fully saturated rings.